The van der Waals surface area contributed by atoms with E-state index >= 15 is 0 Å². The van der Waals surface area contributed by atoms with Crippen molar-refractivity contribution in [2.75, 3.05) is 26.2 Å². The average molecular weight is 428 g/mol. The van der Waals surface area contributed by atoms with Crippen molar-refractivity contribution in [1.82, 2.24) is 10.6 Å². The van der Waals surface area contributed by atoms with Gasteiger partial charge in [0, 0.05) is 39.3 Å². The van der Waals surface area contributed by atoms with Crippen molar-refractivity contribution in [3.05, 3.63) is 35.4 Å². The van der Waals surface area contributed by atoms with Crippen molar-refractivity contribution in [2.45, 2.75) is 25.3 Å². The number of halogens is 4. The molecule has 0 aliphatic rings. The van der Waals surface area contributed by atoms with E-state index in [-0.39, 0.29) is 62.7 Å². The Morgan fingerprint density at radius 2 is 1.00 bits per heavy atom. The minimum Gasteiger partial charge on any atom is -0.390 e. The second-order valence-electron chi connectivity index (χ2n) is 4.86. The van der Waals surface area contributed by atoms with E-state index in [1.165, 1.54) is 0 Å². The summed E-state index contributed by atoms with van der Waals surface area (Å²) in [6, 6.07) is 8.16. The van der Waals surface area contributed by atoms with Crippen molar-refractivity contribution in [1.29, 1.82) is 0 Å². The first-order valence-electron chi connectivity index (χ1n) is 6.91. The lowest BCUT2D eigenvalue weighted by Gasteiger charge is -2.11. The molecule has 0 bridgehead atoms. The quantitative estimate of drug-likeness (QED) is 0.317. The maximum atomic E-state index is 9.32. The van der Waals surface area contributed by atoms with E-state index in [0.29, 0.717) is 26.2 Å². The molecule has 0 aliphatic heterocycles. The molecule has 0 saturated heterocycles. The van der Waals surface area contributed by atoms with Crippen LogP contribution < -0.4 is 22.1 Å². The number of aliphatic hydroxyl groups excluding tert-OH is 2. The molecule has 1 aromatic carbocycles. The maximum absolute atomic E-state index is 9.32. The van der Waals surface area contributed by atoms with Gasteiger partial charge in [-0.25, -0.2) is 0 Å². The van der Waals surface area contributed by atoms with Gasteiger partial charge in [0.2, 0.25) is 0 Å². The Morgan fingerprint density at radius 3 is 1.25 bits per heavy atom. The Bertz CT molecular complexity index is 339. The van der Waals surface area contributed by atoms with Crippen LogP contribution in [-0.2, 0) is 13.1 Å². The minimum atomic E-state index is -0.493. The van der Waals surface area contributed by atoms with Crippen LogP contribution in [0, 0.1) is 0 Å². The summed E-state index contributed by atoms with van der Waals surface area (Å²) in [6.07, 6.45) is -0.986. The number of benzene rings is 1. The molecule has 2 unspecified atom stereocenters. The summed E-state index contributed by atoms with van der Waals surface area (Å²) in [4.78, 5) is 0. The van der Waals surface area contributed by atoms with Gasteiger partial charge in [-0.2, -0.15) is 0 Å². The van der Waals surface area contributed by atoms with E-state index in [4.69, 9.17) is 11.5 Å². The molecule has 8 N–H and O–H groups in total. The zero-order chi connectivity index (χ0) is 14.8. The van der Waals surface area contributed by atoms with Gasteiger partial charge in [0.05, 0.1) is 12.2 Å². The Labute approximate surface area is 168 Å². The smallest absolute Gasteiger partial charge is 0.0786 e. The molecule has 2 atom stereocenters. The van der Waals surface area contributed by atoms with Gasteiger partial charge in [-0.15, -0.1) is 49.6 Å². The fourth-order valence-electron chi connectivity index (χ4n) is 1.71. The molecule has 0 heterocycles. The van der Waals surface area contributed by atoms with Gasteiger partial charge in [-0.1, -0.05) is 24.3 Å². The molecule has 0 saturated carbocycles. The van der Waals surface area contributed by atoms with E-state index < -0.39 is 12.2 Å². The van der Waals surface area contributed by atoms with Crippen molar-refractivity contribution < 1.29 is 10.2 Å². The monoisotopic (exact) mass is 426 g/mol. The molecule has 24 heavy (non-hydrogen) atoms. The van der Waals surface area contributed by atoms with E-state index in [9.17, 15) is 10.2 Å². The van der Waals surface area contributed by atoms with Crippen molar-refractivity contribution in [2.24, 2.45) is 11.5 Å². The van der Waals surface area contributed by atoms with E-state index in [1.807, 2.05) is 24.3 Å². The molecule has 1 rings (SSSR count). The highest BCUT2D eigenvalue weighted by Crippen LogP contribution is 2.04. The normalized spacial score (nSPS) is 11.8. The van der Waals surface area contributed by atoms with Gasteiger partial charge in [-0.3, -0.25) is 0 Å². The fourth-order valence-corrected chi connectivity index (χ4v) is 1.71. The Morgan fingerprint density at radius 1 is 0.708 bits per heavy atom. The van der Waals surface area contributed by atoms with Crippen LogP contribution in [-0.4, -0.2) is 48.6 Å². The second-order valence-corrected chi connectivity index (χ2v) is 4.86. The highest BCUT2D eigenvalue weighted by Gasteiger charge is 2.01. The SMILES string of the molecule is Cl.Cl.Cl.Cl.NCC(O)CNCc1ccc(CNCC(O)CN)cc1. The standard InChI is InChI=1S/C14H26N4O2.4ClH/c15-5-13(19)9-17-7-11-1-2-12(4-3-11)8-18-10-14(20)6-16;;;;/h1-4,13-14,17-20H,5-10,15-16H2;4*1H. The topological polar surface area (TPSA) is 117 Å². The molecule has 0 fully saturated rings. The van der Waals surface area contributed by atoms with Crippen LogP contribution in [0.3, 0.4) is 0 Å². The van der Waals surface area contributed by atoms with Crippen LogP contribution in [0.2, 0.25) is 0 Å². The Balaban J connectivity index is -0.000000500. The fraction of sp³-hybridized carbons (Fsp3) is 0.571. The first-order valence-corrected chi connectivity index (χ1v) is 6.91. The molecule has 146 valence electrons. The molecular formula is C14H30Cl4N4O2. The van der Waals surface area contributed by atoms with E-state index in [1.54, 1.807) is 0 Å². The molecule has 6 nitrogen and oxygen atoms in total. The molecular weight excluding hydrogens is 398 g/mol. The van der Waals surface area contributed by atoms with Crippen molar-refractivity contribution in [3.8, 4) is 0 Å². The number of rotatable bonds is 10. The summed E-state index contributed by atoms with van der Waals surface area (Å²) in [6.45, 7) is 2.94. The predicted octanol–water partition coefficient (Wildman–Crippen LogP) is 0.192. The lowest BCUT2D eigenvalue weighted by Crippen LogP contribution is -2.32. The molecule has 10 heteroatoms. The van der Waals surface area contributed by atoms with Gasteiger partial charge >= 0.3 is 0 Å². The number of hydrogen-bond acceptors (Lipinski definition) is 6. The summed E-state index contributed by atoms with van der Waals surface area (Å²) in [5, 5.41) is 24.9. The molecule has 1 aromatic rings. The van der Waals surface area contributed by atoms with Gasteiger partial charge in [-0.05, 0) is 11.1 Å². The maximum Gasteiger partial charge on any atom is 0.0786 e. The number of aliphatic hydroxyl groups is 2. The largest absolute Gasteiger partial charge is 0.390 e. The third-order valence-electron chi connectivity index (χ3n) is 2.99. The van der Waals surface area contributed by atoms with Crippen LogP contribution in [0.4, 0.5) is 0 Å². The van der Waals surface area contributed by atoms with Gasteiger partial charge in [0.1, 0.15) is 0 Å². The molecule has 0 spiro atoms. The average Bonchev–Trinajstić information content (AvgIpc) is 2.48. The summed E-state index contributed by atoms with van der Waals surface area (Å²) in [5.41, 5.74) is 13.0. The third-order valence-corrected chi connectivity index (χ3v) is 2.99. The van der Waals surface area contributed by atoms with Crippen molar-refractivity contribution in [3.63, 3.8) is 0 Å². The Hall–Kier alpha value is 0.140. The molecule has 0 aliphatic carbocycles. The third kappa shape index (κ3) is 14.5. The molecule has 0 amide bonds. The van der Waals surface area contributed by atoms with Crippen LogP contribution in [0.1, 0.15) is 11.1 Å². The van der Waals surface area contributed by atoms with Crippen LogP contribution in [0.25, 0.3) is 0 Å². The van der Waals surface area contributed by atoms with E-state index in [0.717, 1.165) is 11.1 Å². The predicted molar refractivity (Wildman–Crippen MR) is 109 cm³/mol. The van der Waals surface area contributed by atoms with E-state index in [2.05, 4.69) is 10.6 Å². The first kappa shape index (κ1) is 31.9. The van der Waals surface area contributed by atoms with Crippen molar-refractivity contribution >= 4 is 49.6 Å². The summed E-state index contributed by atoms with van der Waals surface area (Å²) in [7, 11) is 0. The highest BCUT2D eigenvalue weighted by atomic mass is 35.5. The minimum absolute atomic E-state index is 0. The Kier molecular flexibility index (Phi) is 25.8. The summed E-state index contributed by atoms with van der Waals surface area (Å²) >= 11 is 0. The zero-order valence-electron chi connectivity index (χ0n) is 13.4. The molecule has 0 radical (unpaired) electrons. The number of nitrogens with one attached hydrogen (secondary N) is 2. The zero-order valence-corrected chi connectivity index (χ0v) is 16.7. The van der Waals surface area contributed by atoms with Gasteiger partial charge in [0.25, 0.3) is 0 Å². The van der Waals surface area contributed by atoms with Gasteiger partial charge in [0.15, 0.2) is 0 Å². The summed E-state index contributed by atoms with van der Waals surface area (Å²) in [5.74, 6) is 0. The lowest BCUT2D eigenvalue weighted by molar-refractivity contribution is 0.179. The second kappa shape index (κ2) is 19.5. The van der Waals surface area contributed by atoms with Crippen LogP contribution in [0.15, 0.2) is 24.3 Å². The number of hydrogen-bond donors (Lipinski definition) is 6. The van der Waals surface area contributed by atoms with Gasteiger partial charge < -0.3 is 32.3 Å². The lowest BCUT2D eigenvalue weighted by atomic mass is 10.1. The molecule has 0 aromatic heterocycles. The highest BCUT2D eigenvalue weighted by molar-refractivity contribution is 5.86. The van der Waals surface area contributed by atoms with Crippen LogP contribution >= 0.6 is 49.6 Å². The number of nitrogens with two attached hydrogens (primary N) is 2. The first-order chi connectivity index (χ1) is 9.65. The van der Waals surface area contributed by atoms with Crippen LogP contribution in [0.5, 0.6) is 0 Å². The summed E-state index contributed by atoms with van der Waals surface area (Å²) < 4.78 is 0.